The molecule has 2 aromatic rings. The molecule has 1 aliphatic heterocycles. The van der Waals surface area contributed by atoms with Gasteiger partial charge in [-0.1, -0.05) is 12.1 Å². The molecular weight excluding hydrogens is 250 g/mol. The Morgan fingerprint density at radius 2 is 2.00 bits per heavy atom. The number of aryl methyl sites for hydroxylation is 1. The molecule has 4 nitrogen and oxygen atoms in total. The van der Waals surface area contributed by atoms with Gasteiger partial charge in [0.1, 0.15) is 5.75 Å². The van der Waals surface area contributed by atoms with Crippen LogP contribution < -0.4 is 10.1 Å². The molecule has 0 radical (unpaired) electrons. The number of nitrogens with zero attached hydrogens (tertiary/aromatic N) is 2. The lowest BCUT2D eigenvalue weighted by Crippen LogP contribution is -2.42. The van der Waals surface area contributed by atoms with Crippen molar-refractivity contribution >= 4 is 10.9 Å². The Balaban J connectivity index is 2.04. The molecule has 1 aromatic heterocycles. The second-order valence-electron chi connectivity index (χ2n) is 5.51. The Morgan fingerprint density at radius 3 is 2.70 bits per heavy atom. The van der Waals surface area contributed by atoms with E-state index in [4.69, 9.17) is 4.74 Å². The summed E-state index contributed by atoms with van der Waals surface area (Å²) in [6.45, 7) is 7.66. The van der Waals surface area contributed by atoms with Crippen molar-refractivity contribution in [3.8, 4) is 5.75 Å². The van der Waals surface area contributed by atoms with Crippen molar-refractivity contribution < 1.29 is 4.74 Å². The zero-order chi connectivity index (χ0) is 14.1. The van der Waals surface area contributed by atoms with Gasteiger partial charge in [0, 0.05) is 50.9 Å². The van der Waals surface area contributed by atoms with Crippen molar-refractivity contribution in [3.05, 3.63) is 29.5 Å². The van der Waals surface area contributed by atoms with Crippen LogP contribution >= 0.6 is 0 Å². The molecule has 0 amide bonds. The molecule has 4 heteroatoms. The third-order valence-corrected chi connectivity index (χ3v) is 4.41. The summed E-state index contributed by atoms with van der Waals surface area (Å²) >= 11 is 0. The second-order valence-corrected chi connectivity index (χ2v) is 5.51. The van der Waals surface area contributed by atoms with Gasteiger partial charge in [0.2, 0.25) is 0 Å². The van der Waals surface area contributed by atoms with Crippen LogP contribution in [0.25, 0.3) is 10.9 Å². The van der Waals surface area contributed by atoms with Gasteiger partial charge in [-0.15, -0.1) is 0 Å². The largest absolute Gasteiger partial charge is 0.495 e. The van der Waals surface area contributed by atoms with E-state index in [9.17, 15) is 0 Å². The summed E-state index contributed by atoms with van der Waals surface area (Å²) < 4.78 is 7.78. The van der Waals surface area contributed by atoms with Gasteiger partial charge < -0.3 is 14.6 Å². The van der Waals surface area contributed by atoms with E-state index in [1.54, 1.807) is 7.11 Å². The molecule has 0 bridgehead atoms. The van der Waals surface area contributed by atoms with Gasteiger partial charge >= 0.3 is 0 Å². The molecule has 0 spiro atoms. The number of rotatable bonds is 3. The standard InChI is InChI=1S/C16H23N3O/c1-12-14(11-19-9-7-17-8-10-19)13-5-4-6-15(20-3)16(13)18(12)2/h4-6,17H,7-11H2,1-3H3. The lowest BCUT2D eigenvalue weighted by Gasteiger charge is -2.27. The molecule has 3 rings (SSSR count). The van der Waals surface area contributed by atoms with Crippen LogP contribution in [0, 0.1) is 6.92 Å². The number of hydrogen-bond donors (Lipinski definition) is 1. The molecule has 2 heterocycles. The van der Waals surface area contributed by atoms with Gasteiger partial charge in [-0.2, -0.15) is 0 Å². The third kappa shape index (κ3) is 2.19. The Labute approximate surface area is 120 Å². The van der Waals surface area contributed by atoms with E-state index in [2.05, 4.69) is 40.9 Å². The third-order valence-electron chi connectivity index (χ3n) is 4.41. The second kappa shape index (κ2) is 5.46. The fraction of sp³-hybridized carbons (Fsp3) is 0.500. The maximum atomic E-state index is 5.52. The molecule has 1 saturated heterocycles. The van der Waals surface area contributed by atoms with Crippen molar-refractivity contribution in [3.63, 3.8) is 0 Å². The SMILES string of the molecule is COc1cccc2c(CN3CCNCC3)c(C)n(C)c12. The fourth-order valence-corrected chi connectivity index (χ4v) is 3.13. The Kier molecular flexibility index (Phi) is 3.68. The zero-order valence-corrected chi connectivity index (χ0v) is 12.6. The number of nitrogens with one attached hydrogen (secondary N) is 1. The first-order chi connectivity index (χ1) is 9.72. The van der Waals surface area contributed by atoms with Crippen molar-refractivity contribution in [2.24, 2.45) is 7.05 Å². The van der Waals surface area contributed by atoms with E-state index in [1.165, 1.54) is 22.2 Å². The molecule has 0 aliphatic carbocycles. The van der Waals surface area contributed by atoms with Crippen LogP contribution in [0.5, 0.6) is 5.75 Å². The number of piperazine rings is 1. The van der Waals surface area contributed by atoms with Gasteiger partial charge in [-0.05, 0) is 18.6 Å². The maximum absolute atomic E-state index is 5.52. The Bertz CT molecular complexity index is 612. The number of hydrogen-bond acceptors (Lipinski definition) is 3. The van der Waals surface area contributed by atoms with Gasteiger partial charge in [0.25, 0.3) is 0 Å². The molecule has 0 unspecified atom stereocenters. The average Bonchev–Trinajstić information content (AvgIpc) is 2.73. The predicted octanol–water partition coefficient (Wildman–Crippen LogP) is 1.90. The number of benzene rings is 1. The summed E-state index contributed by atoms with van der Waals surface area (Å²) in [6.07, 6.45) is 0. The monoisotopic (exact) mass is 273 g/mol. The average molecular weight is 273 g/mol. The van der Waals surface area contributed by atoms with E-state index < -0.39 is 0 Å². The molecule has 20 heavy (non-hydrogen) atoms. The maximum Gasteiger partial charge on any atom is 0.143 e. The summed E-state index contributed by atoms with van der Waals surface area (Å²) in [5.41, 5.74) is 3.98. The van der Waals surface area contributed by atoms with Crippen LogP contribution in [-0.4, -0.2) is 42.8 Å². The van der Waals surface area contributed by atoms with Crippen molar-refractivity contribution in [1.29, 1.82) is 0 Å². The first kappa shape index (κ1) is 13.5. The van der Waals surface area contributed by atoms with Crippen LogP contribution in [0.3, 0.4) is 0 Å². The molecule has 1 aromatic carbocycles. The summed E-state index contributed by atoms with van der Waals surface area (Å²) in [7, 11) is 3.87. The summed E-state index contributed by atoms with van der Waals surface area (Å²) in [5, 5.41) is 4.73. The van der Waals surface area contributed by atoms with E-state index in [1.807, 2.05) is 6.07 Å². The summed E-state index contributed by atoms with van der Waals surface area (Å²) in [4.78, 5) is 2.53. The lowest BCUT2D eigenvalue weighted by atomic mass is 10.1. The fourth-order valence-electron chi connectivity index (χ4n) is 3.13. The van der Waals surface area contributed by atoms with Gasteiger partial charge in [-0.3, -0.25) is 4.90 Å². The smallest absolute Gasteiger partial charge is 0.143 e. The van der Waals surface area contributed by atoms with Crippen molar-refractivity contribution in [2.45, 2.75) is 13.5 Å². The minimum Gasteiger partial charge on any atom is -0.495 e. The lowest BCUT2D eigenvalue weighted by molar-refractivity contribution is 0.233. The molecule has 108 valence electrons. The van der Waals surface area contributed by atoms with Crippen LogP contribution in [0.15, 0.2) is 18.2 Å². The van der Waals surface area contributed by atoms with E-state index in [0.717, 1.165) is 38.5 Å². The molecule has 1 aliphatic rings. The topological polar surface area (TPSA) is 29.4 Å². The molecule has 0 atom stereocenters. The molecule has 1 N–H and O–H groups in total. The van der Waals surface area contributed by atoms with Crippen LogP contribution in [-0.2, 0) is 13.6 Å². The number of methoxy groups -OCH3 is 1. The first-order valence-electron chi connectivity index (χ1n) is 7.26. The number of para-hydroxylation sites is 1. The van der Waals surface area contributed by atoms with Gasteiger partial charge in [0.15, 0.2) is 0 Å². The van der Waals surface area contributed by atoms with E-state index >= 15 is 0 Å². The highest BCUT2D eigenvalue weighted by Gasteiger charge is 2.18. The molecule has 1 fully saturated rings. The highest BCUT2D eigenvalue weighted by atomic mass is 16.5. The van der Waals surface area contributed by atoms with Crippen molar-refractivity contribution in [1.82, 2.24) is 14.8 Å². The van der Waals surface area contributed by atoms with Crippen molar-refractivity contribution in [2.75, 3.05) is 33.3 Å². The number of fused-ring (bicyclic) bond motifs is 1. The summed E-state index contributed by atoms with van der Waals surface area (Å²) in [6, 6.07) is 6.33. The van der Waals surface area contributed by atoms with Crippen LogP contribution in [0.4, 0.5) is 0 Å². The minimum atomic E-state index is 0.958. The number of ether oxygens (including phenoxy) is 1. The molecule has 0 saturated carbocycles. The summed E-state index contributed by atoms with van der Waals surface area (Å²) in [5.74, 6) is 0.958. The highest BCUT2D eigenvalue weighted by molar-refractivity contribution is 5.90. The van der Waals surface area contributed by atoms with Crippen LogP contribution in [0.2, 0.25) is 0 Å². The Morgan fingerprint density at radius 1 is 1.25 bits per heavy atom. The quantitative estimate of drug-likeness (QED) is 0.926. The number of aromatic nitrogens is 1. The zero-order valence-electron chi connectivity index (χ0n) is 12.6. The predicted molar refractivity (Wildman–Crippen MR) is 82.4 cm³/mol. The first-order valence-corrected chi connectivity index (χ1v) is 7.26. The highest BCUT2D eigenvalue weighted by Crippen LogP contribution is 2.32. The van der Waals surface area contributed by atoms with Gasteiger partial charge in [0.05, 0.1) is 12.6 Å². The van der Waals surface area contributed by atoms with Crippen LogP contribution in [0.1, 0.15) is 11.3 Å². The molecular formula is C16H23N3O. The minimum absolute atomic E-state index is 0.958. The Hall–Kier alpha value is -1.52. The van der Waals surface area contributed by atoms with E-state index in [-0.39, 0.29) is 0 Å². The van der Waals surface area contributed by atoms with Gasteiger partial charge in [-0.25, -0.2) is 0 Å². The normalized spacial score (nSPS) is 16.8. The van der Waals surface area contributed by atoms with E-state index in [0.29, 0.717) is 0 Å².